The monoisotopic (exact) mass is 272 g/mol. The Hall–Kier alpha value is -1.32. The van der Waals surface area contributed by atoms with Crippen LogP contribution in [-0.2, 0) is 23.3 Å². The van der Waals surface area contributed by atoms with Crippen molar-refractivity contribution in [3.8, 4) is 0 Å². The standard InChI is InChI=1S/C17H24N2O/c1-17(2)16-14(9-12-20-17)13-7-5-6-8-15(13)19(16)11-10-18(3)4/h5-8H,9-12H2,1-4H3. The van der Waals surface area contributed by atoms with Gasteiger partial charge in [-0.15, -0.1) is 0 Å². The summed E-state index contributed by atoms with van der Waals surface area (Å²) in [6, 6.07) is 8.76. The second-order valence-corrected chi connectivity index (χ2v) is 6.41. The molecular weight excluding hydrogens is 248 g/mol. The highest BCUT2D eigenvalue weighted by Gasteiger charge is 2.34. The van der Waals surface area contributed by atoms with E-state index in [1.807, 2.05) is 0 Å². The lowest BCUT2D eigenvalue weighted by Gasteiger charge is -2.33. The Morgan fingerprint density at radius 2 is 2.00 bits per heavy atom. The van der Waals surface area contributed by atoms with Gasteiger partial charge in [0, 0.05) is 24.0 Å². The van der Waals surface area contributed by atoms with E-state index in [2.05, 4.69) is 61.7 Å². The molecule has 0 saturated carbocycles. The fourth-order valence-electron chi connectivity index (χ4n) is 3.33. The van der Waals surface area contributed by atoms with Crippen molar-refractivity contribution in [2.45, 2.75) is 32.4 Å². The quantitative estimate of drug-likeness (QED) is 0.854. The van der Waals surface area contributed by atoms with Gasteiger partial charge in [0.25, 0.3) is 0 Å². The van der Waals surface area contributed by atoms with Crippen LogP contribution in [0.4, 0.5) is 0 Å². The third kappa shape index (κ3) is 2.15. The van der Waals surface area contributed by atoms with E-state index in [0.717, 1.165) is 26.1 Å². The number of para-hydroxylation sites is 1. The van der Waals surface area contributed by atoms with Crippen LogP contribution in [-0.4, -0.2) is 36.7 Å². The van der Waals surface area contributed by atoms with Crippen LogP contribution in [0.25, 0.3) is 10.9 Å². The molecule has 2 heterocycles. The molecule has 0 spiro atoms. The normalized spacial score (nSPS) is 17.6. The number of aromatic nitrogens is 1. The Bertz CT molecular complexity index is 625. The molecular formula is C17H24N2O. The molecule has 3 heteroatoms. The number of rotatable bonds is 3. The minimum absolute atomic E-state index is 0.196. The number of hydrogen-bond acceptors (Lipinski definition) is 2. The first-order valence-electron chi connectivity index (χ1n) is 7.40. The first-order chi connectivity index (χ1) is 9.50. The second-order valence-electron chi connectivity index (χ2n) is 6.41. The van der Waals surface area contributed by atoms with Crippen molar-refractivity contribution in [1.29, 1.82) is 0 Å². The van der Waals surface area contributed by atoms with E-state index in [0.29, 0.717) is 0 Å². The molecule has 20 heavy (non-hydrogen) atoms. The third-order valence-corrected chi connectivity index (χ3v) is 4.23. The first-order valence-corrected chi connectivity index (χ1v) is 7.40. The van der Waals surface area contributed by atoms with Gasteiger partial charge in [0.2, 0.25) is 0 Å². The Labute approximate surface area is 121 Å². The molecule has 0 N–H and O–H groups in total. The molecule has 1 aliphatic heterocycles. The van der Waals surface area contributed by atoms with Gasteiger partial charge in [-0.2, -0.15) is 0 Å². The SMILES string of the molecule is CN(C)CCn1c2c(c3ccccc31)CCOC2(C)C. The lowest BCUT2D eigenvalue weighted by Crippen LogP contribution is -2.32. The summed E-state index contributed by atoms with van der Waals surface area (Å²) in [6.45, 7) is 7.25. The second kappa shape index (κ2) is 4.90. The largest absolute Gasteiger partial charge is 0.369 e. The maximum absolute atomic E-state index is 6.03. The van der Waals surface area contributed by atoms with E-state index in [4.69, 9.17) is 4.74 Å². The lowest BCUT2D eigenvalue weighted by atomic mass is 9.94. The molecule has 2 aromatic rings. The summed E-state index contributed by atoms with van der Waals surface area (Å²) in [6.07, 6.45) is 1.02. The molecule has 108 valence electrons. The van der Waals surface area contributed by atoms with E-state index in [1.165, 1.54) is 22.2 Å². The molecule has 1 aliphatic rings. The predicted molar refractivity (Wildman–Crippen MR) is 83.2 cm³/mol. The fourth-order valence-corrected chi connectivity index (χ4v) is 3.33. The van der Waals surface area contributed by atoms with Crippen LogP contribution in [0.5, 0.6) is 0 Å². The fraction of sp³-hybridized carbons (Fsp3) is 0.529. The molecule has 1 aromatic carbocycles. The molecule has 1 aromatic heterocycles. The van der Waals surface area contributed by atoms with Crippen molar-refractivity contribution in [2.75, 3.05) is 27.2 Å². The highest BCUT2D eigenvalue weighted by molar-refractivity contribution is 5.86. The zero-order valence-electron chi connectivity index (χ0n) is 12.9. The highest BCUT2D eigenvalue weighted by Crippen LogP contribution is 2.38. The van der Waals surface area contributed by atoms with Gasteiger partial charge >= 0.3 is 0 Å². The Morgan fingerprint density at radius 1 is 1.25 bits per heavy atom. The summed E-state index contributed by atoms with van der Waals surface area (Å²) in [5.74, 6) is 0. The van der Waals surface area contributed by atoms with Crippen molar-refractivity contribution in [3.63, 3.8) is 0 Å². The Kier molecular flexibility index (Phi) is 3.35. The Balaban J connectivity index is 2.20. The van der Waals surface area contributed by atoms with E-state index in [1.54, 1.807) is 0 Å². The van der Waals surface area contributed by atoms with Crippen LogP contribution in [0, 0.1) is 0 Å². The van der Waals surface area contributed by atoms with Crippen LogP contribution >= 0.6 is 0 Å². The predicted octanol–water partition coefficient (Wildman–Crippen LogP) is 3.01. The average Bonchev–Trinajstić information content (AvgIpc) is 2.72. The summed E-state index contributed by atoms with van der Waals surface area (Å²) in [7, 11) is 4.25. The van der Waals surface area contributed by atoms with Gasteiger partial charge in [-0.1, -0.05) is 18.2 Å². The molecule has 0 atom stereocenters. The van der Waals surface area contributed by atoms with Gasteiger partial charge < -0.3 is 14.2 Å². The van der Waals surface area contributed by atoms with Crippen molar-refractivity contribution in [3.05, 3.63) is 35.5 Å². The van der Waals surface area contributed by atoms with Crippen LogP contribution in [0.2, 0.25) is 0 Å². The Morgan fingerprint density at radius 3 is 2.75 bits per heavy atom. The van der Waals surface area contributed by atoms with Crippen LogP contribution in [0.1, 0.15) is 25.1 Å². The molecule has 0 aliphatic carbocycles. The molecule has 0 radical (unpaired) electrons. The smallest absolute Gasteiger partial charge is 0.103 e. The summed E-state index contributed by atoms with van der Waals surface area (Å²) in [4.78, 5) is 2.23. The van der Waals surface area contributed by atoms with Gasteiger partial charge in [0.15, 0.2) is 0 Å². The summed E-state index contributed by atoms with van der Waals surface area (Å²) in [5, 5.41) is 1.40. The van der Waals surface area contributed by atoms with Crippen LogP contribution in [0.15, 0.2) is 24.3 Å². The zero-order valence-corrected chi connectivity index (χ0v) is 12.9. The number of ether oxygens (including phenoxy) is 1. The maximum atomic E-state index is 6.03. The zero-order chi connectivity index (χ0) is 14.3. The number of hydrogen-bond donors (Lipinski definition) is 0. The van der Waals surface area contributed by atoms with Crippen molar-refractivity contribution < 1.29 is 4.74 Å². The van der Waals surface area contributed by atoms with Gasteiger partial charge in [-0.3, -0.25) is 0 Å². The van der Waals surface area contributed by atoms with Gasteiger partial charge in [-0.05, 0) is 46.0 Å². The number of benzene rings is 1. The maximum Gasteiger partial charge on any atom is 0.103 e. The lowest BCUT2D eigenvalue weighted by molar-refractivity contribution is -0.0370. The highest BCUT2D eigenvalue weighted by atomic mass is 16.5. The molecule has 0 saturated heterocycles. The summed E-state index contributed by atoms with van der Waals surface area (Å²) >= 11 is 0. The topological polar surface area (TPSA) is 17.4 Å². The van der Waals surface area contributed by atoms with Crippen LogP contribution in [0.3, 0.4) is 0 Å². The van der Waals surface area contributed by atoms with Gasteiger partial charge in [-0.25, -0.2) is 0 Å². The molecule has 0 bridgehead atoms. The third-order valence-electron chi connectivity index (χ3n) is 4.23. The average molecular weight is 272 g/mol. The molecule has 0 fully saturated rings. The van der Waals surface area contributed by atoms with Crippen molar-refractivity contribution >= 4 is 10.9 Å². The minimum atomic E-state index is -0.196. The van der Waals surface area contributed by atoms with Gasteiger partial charge in [0.1, 0.15) is 5.60 Å². The summed E-state index contributed by atoms with van der Waals surface area (Å²) < 4.78 is 8.50. The number of nitrogens with zero attached hydrogens (tertiary/aromatic N) is 2. The van der Waals surface area contributed by atoms with E-state index in [-0.39, 0.29) is 5.60 Å². The summed E-state index contributed by atoms with van der Waals surface area (Å²) in [5.41, 5.74) is 4.00. The molecule has 3 nitrogen and oxygen atoms in total. The minimum Gasteiger partial charge on any atom is -0.369 e. The molecule has 0 unspecified atom stereocenters. The number of likely N-dealkylation sites (N-methyl/N-ethyl adjacent to an activating group) is 1. The van der Waals surface area contributed by atoms with Crippen LogP contribution < -0.4 is 0 Å². The van der Waals surface area contributed by atoms with E-state index >= 15 is 0 Å². The van der Waals surface area contributed by atoms with Crippen molar-refractivity contribution in [2.24, 2.45) is 0 Å². The molecule has 0 amide bonds. The van der Waals surface area contributed by atoms with Crippen molar-refractivity contribution in [1.82, 2.24) is 9.47 Å². The molecule has 3 rings (SSSR count). The first kappa shape index (κ1) is 13.7. The van der Waals surface area contributed by atoms with E-state index in [9.17, 15) is 0 Å². The van der Waals surface area contributed by atoms with E-state index < -0.39 is 0 Å². The number of fused-ring (bicyclic) bond motifs is 3. The van der Waals surface area contributed by atoms with Gasteiger partial charge in [0.05, 0.1) is 12.3 Å².